The van der Waals surface area contributed by atoms with Crippen LogP contribution in [0.1, 0.15) is 31.4 Å². The van der Waals surface area contributed by atoms with Crippen LogP contribution in [0.2, 0.25) is 0 Å². The maximum atomic E-state index is 12.0. The number of amides is 1. The standard InChI is InChI=1S/C22H22N2O2/c1-3-14(2)22(25)23-17-11-8-16(9-12-17)21-19-13-10-15-6-4-5-7-18(15)20(19)24-26-21/h4-9,11-12,14H,3,10,13H2,1-2H3,(H,23,25)/t14-/m0/s1. The van der Waals surface area contributed by atoms with Crippen LogP contribution in [0, 0.1) is 5.92 Å². The monoisotopic (exact) mass is 346 g/mol. The van der Waals surface area contributed by atoms with Gasteiger partial charge in [0.25, 0.3) is 0 Å². The van der Waals surface area contributed by atoms with E-state index in [2.05, 4.69) is 28.7 Å². The van der Waals surface area contributed by atoms with Gasteiger partial charge in [0.1, 0.15) is 5.69 Å². The van der Waals surface area contributed by atoms with Gasteiger partial charge in [0.15, 0.2) is 5.76 Å². The number of benzene rings is 2. The molecule has 4 heteroatoms. The molecule has 0 radical (unpaired) electrons. The number of carbonyl (C=O) groups is 1. The highest BCUT2D eigenvalue weighted by atomic mass is 16.5. The van der Waals surface area contributed by atoms with E-state index in [4.69, 9.17) is 4.52 Å². The number of nitrogens with one attached hydrogen (secondary N) is 1. The Bertz CT molecular complexity index is 941. The van der Waals surface area contributed by atoms with Crippen LogP contribution < -0.4 is 5.32 Å². The zero-order chi connectivity index (χ0) is 18.1. The van der Waals surface area contributed by atoms with Crippen molar-refractivity contribution in [3.63, 3.8) is 0 Å². The average Bonchev–Trinajstić information content (AvgIpc) is 3.12. The molecule has 1 heterocycles. The van der Waals surface area contributed by atoms with E-state index in [-0.39, 0.29) is 11.8 Å². The van der Waals surface area contributed by atoms with Crippen LogP contribution in [0.4, 0.5) is 5.69 Å². The molecule has 132 valence electrons. The molecule has 1 atom stereocenters. The summed E-state index contributed by atoms with van der Waals surface area (Å²) in [6, 6.07) is 16.2. The van der Waals surface area contributed by atoms with Crippen molar-refractivity contribution >= 4 is 11.6 Å². The first kappa shape index (κ1) is 16.6. The van der Waals surface area contributed by atoms with E-state index < -0.39 is 0 Å². The summed E-state index contributed by atoms with van der Waals surface area (Å²) < 4.78 is 5.70. The summed E-state index contributed by atoms with van der Waals surface area (Å²) >= 11 is 0. The fourth-order valence-corrected chi connectivity index (χ4v) is 3.36. The summed E-state index contributed by atoms with van der Waals surface area (Å²) in [7, 11) is 0. The number of hydrogen-bond acceptors (Lipinski definition) is 3. The van der Waals surface area contributed by atoms with Crippen molar-refractivity contribution in [3.8, 4) is 22.6 Å². The highest BCUT2D eigenvalue weighted by Crippen LogP contribution is 2.38. The molecule has 0 spiro atoms. The van der Waals surface area contributed by atoms with Crippen molar-refractivity contribution in [2.45, 2.75) is 33.1 Å². The summed E-state index contributed by atoms with van der Waals surface area (Å²) in [5.41, 5.74) is 6.40. The Labute approximate surface area is 153 Å². The predicted molar refractivity (Wildman–Crippen MR) is 103 cm³/mol. The number of carbonyl (C=O) groups excluding carboxylic acids is 1. The Kier molecular flexibility index (Phi) is 4.33. The maximum absolute atomic E-state index is 12.0. The third-order valence-corrected chi connectivity index (χ3v) is 5.18. The van der Waals surface area contributed by atoms with Gasteiger partial charge in [0, 0.05) is 28.3 Å². The number of hydrogen-bond donors (Lipinski definition) is 1. The fraction of sp³-hybridized carbons (Fsp3) is 0.273. The molecule has 0 bridgehead atoms. The van der Waals surface area contributed by atoms with Crippen LogP contribution in [0.25, 0.3) is 22.6 Å². The van der Waals surface area contributed by atoms with Gasteiger partial charge >= 0.3 is 0 Å². The van der Waals surface area contributed by atoms with Crippen LogP contribution in [0.5, 0.6) is 0 Å². The minimum atomic E-state index is 0.0102. The van der Waals surface area contributed by atoms with Gasteiger partial charge in [0.05, 0.1) is 0 Å². The molecule has 3 aromatic rings. The summed E-state index contributed by atoms with van der Waals surface area (Å²) in [4.78, 5) is 12.0. The van der Waals surface area contributed by atoms with Crippen LogP contribution in [0.15, 0.2) is 53.1 Å². The van der Waals surface area contributed by atoms with Crippen LogP contribution in [-0.2, 0) is 17.6 Å². The van der Waals surface area contributed by atoms with Gasteiger partial charge in [0.2, 0.25) is 5.91 Å². The van der Waals surface area contributed by atoms with Gasteiger partial charge in [-0.1, -0.05) is 43.3 Å². The Hall–Kier alpha value is -2.88. The molecule has 0 unspecified atom stereocenters. The Morgan fingerprint density at radius 2 is 1.92 bits per heavy atom. The molecule has 0 fully saturated rings. The molecule has 0 saturated heterocycles. The van der Waals surface area contributed by atoms with Crippen molar-refractivity contribution in [1.29, 1.82) is 0 Å². The first-order valence-electron chi connectivity index (χ1n) is 9.15. The fourth-order valence-electron chi connectivity index (χ4n) is 3.36. The second-order valence-corrected chi connectivity index (χ2v) is 6.87. The van der Waals surface area contributed by atoms with Crippen LogP contribution in [-0.4, -0.2) is 11.1 Å². The third kappa shape index (κ3) is 2.92. The molecule has 26 heavy (non-hydrogen) atoms. The second-order valence-electron chi connectivity index (χ2n) is 6.87. The molecule has 1 aromatic heterocycles. The Morgan fingerprint density at radius 3 is 2.69 bits per heavy atom. The highest BCUT2D eigenvalue weighted by Gasteiger charge is 2.24. The Balaban J connectivity index is 1.60. The van der Waals surface area contributed by atoms with Crippen LogP contribution >= 0.6 is 0 Å². The second kappa shape index (κ2) is 6.79. The molecule has 2 aromatic carbocycles. The largest absolute Gasteiger partial charge is 0.355 e. The van der Waals surface area contributed by atoms with E-state index in [1.54, 1.807) is 0 Å². The zero-order valence-corrected chi connectivity index (χ0v) is 15.1. The molecule has 0 aliphatic heterocycles. The van der Waals surface area contributed by atoms with Gasteiger partial charge in [-0.2, -0.15) is 0 Å². The number of anilines is 1. The first-order valence-corrected chi connectivity index (χ1v) is 9.15. The molecular formula is C22H22N2O2. The minimum Gasteiger partial charge on any atom is -0.355 e. The molecule has 1 aliphatic rings. The smallest absolute Gasteiger partial charge is 0.227 e. The van der Waals surface area contributed by atoms with Gasteiger partial charge in [-0.3, -0.25) is 4.79 Å². The number of nitrogens with zero attached hydrogens (tertiary/aromatic N) is 1. The highest BCUT2D eigenvalue weighted by molar-refractivity contribution is 5.92. The van der Waals surface area contributed by atoms with Gasteiger partial charge in [-0.25, -0.2) is 0 Å². The summed E-state index contributed by atoms with van der Waals surface area (Å²) in [5, 5.41) is 7.29. The minimum absolute atomic E-state index is 0.0102. The van der Waals surface area contributed by atoms with Crippen molar-refractivity contribution in [2.75, 3.05) is 5.32 Å². The molecule has 4 rings (SSSR count). The number of aryl methyl sites for hydroxylation is 1. The van der Waals surface area contributed by atoms with E-state index in [0.717, 1.165) is 42.0 Å². The van der Waals surface area contributed by atoms with E-state index in [1.807, 2.05) is 44.2 Å². The molecule has 0 saturated carbocycles. The van der Waals surface area contributed by atoms with Crippen LogP contribution in [0.3, 0.4) is 0 Å². The summed E-state index contributed by atoms with van der Waals surface area (Å²) in [6.07, 6.45) is 2.76. The lowest BCUT2D eigenvalue weighted by molar-refractivity contribution is -0.119. The topological polar surface area (TPSA) is 55.1 Å². The van der Waals surface area contributed by atoms with Crippen molar-refractivity contribution in [2.24, 2.45) is 5.92 Å². The number of fused-ring (bicyclic) bond motifs is 3. The van der Waals surface area contributed by atoms with Gasteiger partial charge < -0.3 is 9.84 Å². The number of aromatic nitrogens is 1. The first-order chi connectivity index (χ1) is 12.7. The van der Waals surface area contributed by atoms with Crippen molar-refractivity contribution in [3.05, 3.63) is 59.7 Å². The van der Waals surface area contributed by atoms with Crippen molar-refractivity contribution in [1.82, 2.24) is 5.16 Å². The maximum Gasteiger partial charge on any atom is 0.227 e. The van der Waals surface area contributed by atoms with E-state index in [1.165, 1.54) is 16.7 Å². The summed E-state index contributed by atoms with van der Waals surface area (Å²) in [6.45, 7) is 3.95. The lowest BCUT2D eigenvalue weighted by Crippen LogP contribution is -2.19. The van der Waals surface area contributed by atoms with E-state index in [9.17, 15) is 4.79 Å². The SMILES string of the molecule is CC[C@H](C)C(=O)Nc1ccc(-c2onc3c2CCc2ccccc2-3)cc1. The quantitative estimate of drug-likeness (QED) is 0.716. The molecule has 1 N–H and O–H groups in total. The Morgan fingerprint density at radius 1 is 1.15 bits per heavy atom. The average molecular weight is 346 g/mol. The molecule has 1 aliphatic carbocycles. The third-order valence-electron chi connectivity index (χ3n) is 5.18. The lowest BCUT2D eigenvalue weighted by atomic mass is 9.88. The summed E-state index contributed by atoms with van der Waals surface area (Å²) in [5.74, 6) is 0.888. The van der Waals surface area contributed by atoms with Crippen molar-refractivity contribution < 1.29 is 9.32 Å². The van der Waals surface area contributed by atoms with E-state index in [0.29, 0.717) is 0 Å². The zero-order valence-electron chi connectivity index (χ0n) is 15.1. The molecule has 1 amide bonds. The number of rotatable bonds is 4. The molecular weight excluding hydrogens is 324 g/mol. The van der Waals surface area contributed by atoms with Gasteiger partial charge in [-0.15, -0.1) is 0 Å². The lowest BCUT2D eigenvalue weighted by Gasteiger charge is -2.14. The predicted octanol–water partition coefficient (Wildman–Crippen LogP) is 5.09. The normalized spacial score (nSPS) is 13.6. The van der Waals surface area contributed by atoms with E-state index >= 15 is 0 Å². The van der Waals surface area contributed by atoms with Gasteiger partial charge in [-0.05, 0) is 49.1 Å². The molecule has 4 nitrogen and oxygen atoms in total.